The second-order valence-electron chi connectivity index (χ2n) is 10.2. The quantitative estimate of drug-likeness (QED) is 0.566. The standard InChI is InChI=1S/C26H34O2Si/c1-26(2,18-17-23-21-13-15-24-25(28-24)16-14-22(21)23)29(27,19-9-5-3-6-10-19)20-11-7-4-8-12-20/h3-12,21-25,27H,13-18H2,1-2H3/t21-,22+,23+,24-,25+. The maximum absolute atomic E-state index is 12.3. The molecular formula is C26H34O2Si. The van der Waals surface area contributed by atoms with Gasteiger partial charge in [-0.1, -0.05) is 74.5 Å². The molecule has 1 aliphatic heterocycles. The van der Waals surface area contributed by atoms with Gasteiger partial charge in [-0.3, -0.25) is 0 Å². The van der Waals surface area contributed by atoms with Crippen LogP contribution in [0.5, 0.6) is 0 Å². The number of rotatable bonds is 6. The summed E-state index contributed by atoms with van der Waals surface area (Å²) in [5.74, 6) is 2.70. The van der Waals surface area contributed by atoms with Gasteiger partial charge in [0.1, 0.15) is 0 Å². The molecule has 2 aliphatic carbocycles. The fourth-order valence-corrected chi connectivity index (χ4v) is 9.98. The van der Waals surface area contributed by atoms with Gasteiger partial charge in [0.25, 0.3) is 8.32 Å². The number of epoxide rings is 1. The van der Waals surface area contributed by atoms with Gasteiger partial charge in [0, 0.05) is 0 Å². The molecular weight excluding hydrogens is 372 g/mol. The van der Waals surface area contributed by atoms with Crippen molar-refractivity contribution in [2.75, 3.05) is 0 Å². The highest BCUT2D eigenvalue weighted by atomic mass is 28.4. The van der Waals surface area contributed by atoms with E-state index in [4.69, 9.17) is 4.74 Å². The molecule has 2 saturated carbocycles. The second-order valence-corrected chi connectivity index (χ2v) is 14.2. The number of fused-ring (bicyclic) bond motifs is 2. The average molecular weight is 407 g/mol. The van der Waals surface area contributed by atoms with E-state index in [1.54, 1.807) is 0 Å². The van der Waals surface area contributed by atoms with Crippen LogP contribution in [-0.4, -0.2) is 25.3 Å². The van der Waals surface area contributed by atoms with E-state index in [0.29, 0.717) is 12.2 Å². The summed E-state index contributed by atoms with van der Waals surface area (Å²) in [6, 6.07) is 20.9. The highest BCUT2D eigenvalue weighted by Crippen LogP contribution is 2.59. The topological polar surface area (TPSA) is 32.8 Å². The molecule has 1 saturated heterocycles. The minimum absolute atomic E-state index is 0.112. The minimum atomic E-state index is -2.86. The first kappa shape index (κ1) is 19.5. The lowest BCUT2D eigenvalue weighted by atomic mass is 10.0. The Bertz CT molecular complexity index is 777. The molecule has 1 N–H and O–H groups in total. The molecule has 0 radical (unpaired) electrons. The van der Waals surface area contributed by atoms with Crippen LogP contribution in [0.1, 0.15) is 52.4 Å². The van der Waals surface area contributed by atoms with Crippen molar-refractivity contribution in [3.8, 4) is 0 Å². The van der Waals surface area contributed by atoms with Crippen LogP contribution in [0.4, 0.5) is 0 Å². The Labute approximate surface area is 176 Å². The summed E-state index contributed by atoms with van der Waals surface area (Å²) >= 11 is 0. The third-order valence-electron chi connectivity index (χ3n) is 8.23. The van der Waals surface area contributed by atoms with Crippen molar-refractivity contribution >= 4 is 18.7 Å². The molecule has 3 heteroatoms. The van der Waals surface area contributed by atoms with E-state index >= 15 is 0 Å². The van der Waals surface area contributed by atoms with Gasteiger partial charge in [-0.05, 0) is 71.7 Å². The Morgan fingerprint density at radius 3 is 1.79 bits per heavy atom. The molecule has 0 aromatic heterocycles. The molecule has 2 nitrogen and oxygen atoms in total. The number of hydrogen-bond donors (Lipinski definition) is 1. The van der Waals surface area contributed by atoms with E-state index in [1.807, 2.05) is 12.1 Å². The highest BCUT2D eigenvalue weighted by Gasteiger charge is 2.55. The number of ether oxygens (including phenoxy) is 1. The van der Waals surface area contributed by atoms with Crippen LogP contribution in [0.25, 0.3) is 0 Å². The van der Waals surface area contributed by atoms with Gasteiger partial charge in [0.05, 0.1) is 12.2 Å². The molecule has 2 aromatic carbocycles. The lowest BCUT2D eigenvalue weighted by Crippen LogP contribution is -2.65. The minimum Gasteiger partial charge on any atom is -0.424 e. The van der Waals surface area contributed by atoms with E-state index in [1.165, 1.54) is 32.1 Å². The van der Waals surface area contributed by atoms with E-state index in [-0.39, 0.29) is 5.04 Å². The summed E-state index contributed by atoms with van der Waals surface area (Å²) in [5, 5.41) is 2.16. The van der Waals surface area contributed by atoms with Crippen molar-refractivity contribution in [2.24, 2.45) is 17.8 Å². The third-order valence-corrected chi connectivity index (χ3v) is 12.8. The summed E-state index contributed by atoms with van der Waals surface area (Å²) in [5.41, 5.74) is 0. The largest absolute Gasteiger partial charge is 0.424 e. The molecule has 5 atom stereocenters. The molecule has 0 amide bonds. The maximum atomic E-state index is 12.3. The average Bonchev–Trinajstić information content (AvgIpc) is 3.63. The molecule has 0 bridgehead atoms. The Morgan fingerprint density at radius 2 is 1.31 bits per heavy atom. The van der Waals surface area contributed by atoms with Gasteiger partial charge in [0.15, 0.2) is 0 Å². The SMILES string of the molecule is CC(C)(CC[C@@H]1[C@H]2CC[C@@H]3O[C@@H]3CC[C@H]21)[Si](O)(c1ccccc1)c1ccccc1. The van der Waals surface area contributed by atoms with Gasteiger partial charge < -0.3 is 9.53 Å². The summed E-state index contributed by atoms with van der Waals surface area (Å²) < 4.78 is 5.77. The van der Waals surface area contributed by atoms with Crippen LogP contribution in [-0.2, 0) is 4.74 Å². The van der Waals surface area contributed by atoms with E-state index in [0.717, 1.165) is 34.5 Å². The zero-order valence-corrected chi connectivity index (χ0v) is 18.8. The van der Waals surface area contributed by atoms with Crippen molar-refractivity contribution in [3.05, 3.63) is 60.7 Å². The second kappa shape index (κ2) is 7.37. The van der Waals surface area contributed by atoms with Crippen LogP contribution in [0.3, 0.4) is 0 Å². The molecule has 2 aromatic rings. The third kappa shape index (κ3) is 3.52. The lowest BCUT2D eigenvalue weighted by molar-refractivity contribution is 0.349. The van der Waals surface area contributed by atoms with Crippen LogP contribution in [0.2, 0.25) is 5.04 Å². The van der Waals surface area contributed by atoms with Crippen LogP contribution >= 0.6 is 0 Å². The summed E-state index contributed by atoms with van der Waals surface area (Å²) in [4.78, 5) is 12.3. The van der Waals surface area contributed by atoms with Crippen molar-refractivity contribution in [1.29, 1.82) is 0 Å². The normalized spacial score (nSPS) is 31.2. The molecule has 3 fully saturated rings. The monoisotopic (exact) mass is 406 g/mol. The zero-order chi connectivity index (χ0) is 20.1. The van der Waals surface area contributed by atoms with Crippen molar-refractivity contribution in [2.45, 2.75) is 69.6 Å². The van der Waals surface area contributed by atoms with Gasteiger partial charge in [-0.15, -0.1) is 0 Å². The van der Waals surface area contributed by atoms with Crippen molar-refractivity contribution < 1.29 is 9.53 Å². The smallest absolute Gasteiger partial charge is 0.258 e. The van der Waals surface area contributed by atoms with Crippen molar-refractivity contribution in [3.63, 3.8) is 0 Å². The van der Waals surface area contributed by atoms with E-state index in [9.17, 15) is 4.80 Å². The predicted octanol–water partition coefficient (Wildman–Crippen LogP) is 4.50. The van der Waals surface area contributed by atoms with Gasteiger partial charge in [-0.25, -0.2) is 0 Å². The van der Waals surface area contributed by atoms with Crippen LogP contribution < -0.4 is 10.4 Å². The first-order valence-corrected chi connectivity index (χ1v) is 13.4. The molecule has 29 heavy (non-hydrogen) atoms. The first-order valence-electron chi connectivity index (χ1n) is 11.5. The van der Waals surface area contributed by atoms with E-state index < -0.39 is 8.32 Å². The molecule has 1 heterocycles. The Hall–Kier alpha value is -1.42. The summed E-state index contributed by atoms with van der Waals surface area (Å²) in [6.07, 6.45) is 8.79. The Balaban J connectivity index is 1.35. The lowest BCUT2D eigenvalue weighted by Gasteiger charge is -2.41. The van der Waals surface area contributed by atoms with Crippen LogP contribution in [0, 0.1) is 17.8 Å². The molecule has 3 aliphatic rings. The summed E-state index contributed by atoms with van der Waals surface area (Å²) in [7, 11) is -2.86. The van der Waals surface area contributed by atoms with Crippen LogP contribution in [0.15, 0.2) is 60.7 Å². The fraction of sp³-hybridized carbons (Fsp3) is 0.538. The molecule has 154 valence electrons. The molecule has 0 spiro atoms. The first-order chi connectivity index (χ1) is 14.0. The van der Waals surface area contributed by atoms with Gasteiger partial charge >= 0.3 is 0 Å². The predicted molar refractivity (Wildman–Crippen MR) is 121 cm³/mol. The van der Waals surface area contributed by atoms with Gasteiger partial charge in [0.2, 0.25) is 0 Å². The highest BCUT2D eigenvalue weighted by molar-refractivity contribution is 6.98. The fourth-order valence-electron chi connectivity index (χ4n) is 6.22. The van der Waals surface area contributed by atoms with Gasteiger partial charge in [-0.2, -0.15) is 0 Å². The zero-order valence-electron chi connectivity index (χ0n) is 17.8. The maximum Gasteiger partial charge on any atom is 0.258 e. The summed E-state index contributed by atoms with van der Waals surface area (Å²) in [6.45, 7) is 4.62. The Morgan fingerprint density at radius 1 is 0.828 bits per heavy atom. The van der Waals surface area contributed by atoms with E-state index in [2.05, 4.69) is 62.4 Å². The van der Waals surface area contributed by atoms with Crippen molar-refractivity contribution in [1.82, 2.24) is 0 Å². The molecule has 0 unspecified atom stereocenters. The molecule has 5 rings (SSSR count). The number of hydrogen-bond acceptors (Lipinski definition) is 2. The number of benzene rings is 2. The Kier molecular flexibility index (Phi) is 4.96.